The van der Waals surface area contributed by atoms with Gasteiger partial charge in [-0.05, 0) is 51.9 Å². The lowest BCUT2D eigenvalue weighted by atomic mass is 10.1. The molecule has 0 spiro atoms. The maximum atomic E-state index is 12.1. The molecular formula is C17H28N2OS. The fraction of sp³-hybridized carbons (Fsp3) is 0.588. The molecule has 2 N–H and O–H groups in total. The lowest BCUT2D eigenvalue weighted by Gasteiger charge is -2.17. The van der Waals surface area contributed by atoms with Crippen molar-refractivity contribution in [1.29, 1.82) is 0 Å². The Morgan fingerprint density at radius 3 is 2.33 bits per heavy atom. The van der Waals surface area contributed by atoms with Gasteiger partial charge in [-0.3, -0.25) is 4.79 Å². The molecule has 0 saturated heterocycles. The van der Waals surface area contributed by atoms with Gasteiger partial charge in [0.15, 0.2) is 0 Å². The molecule has 0 aliphatic carbocycles. The van der Waals surface area contributed by atoms with Crippen LogP contribution < -0.4 is 10.6 Å². The minimum Gasteiger partial charge on any atom is -0.353 e. The van der Waals surface area contributed by atoms with Crippen molar-refractivity contribution in [3.8, 4) is 0 Å². The monoisotopic (exact) mass is 308 g/mol. The molecule has 3 unspecified atom stereocenters. The third-order valence-corrected chi connectivity index (χ3v) is 4.72. The first-order chi connectivity index (χ1) is 9.97. The summed E-state index contributed by atoms with van der Waals surface area (Å²) in [5.74, 6) is 0.119. The molecule has 3 atom stereocenters. The molecule has 0 aromatic heterocycles. The fourth-order valence-corrected chi connectivity index (χ4v) is 3.00. The highest BCUT2D eigenvalue weighted by Gasteiger charge is 2.16. The summed E-state index contributed by atoms with van der Waals surface area (Å²) in [5.41, 5.74) is 1.26. The Hall–Kier alpha value is -1.00. The Labute approximate surface area is 133 Å². The summed E-state index contributed by atoms with van der Waals surface area (Å²) in [5, 5.41) is 6.22. The number of amides is 1. The zero-order chi connectivity index (χ0) is 15.8. The molecule has 1 aromatic carbocycles. The van der Waals surface area contributed by atoms with Gasteiger partial charge in [-0.1, -0.05) is 25.5 Å². The molecule has 0 bridgehead atoms. The second-order valence-corrected chi connectivity index (χ2v) is 6.95. The number of carbonyl (C=O) groups excluding carboxylic acids is 1. The Bertz CT molecular complexity index is 433. The molecule has 0 fully saturated rings. The summed E-state index contributed by atoms with van der Waals surface area (Å²) in [6.07, 6.45) is 2.12. The predicted molar refractivity (Wildman–Crippen MR) is 91.7 cm³/mol. The molecule has 4 heteroatoms. The van der Waals surface area contributed by atoms with E-state index in [1.165, 1.54) is 5.56 Å². The summed E-state index contributed by atoms with van der Waals surface area (Å²) in [6, 6.07) is 9.02. The predicted octanol–water partition coefficient (Wildman–Crippen LogP) is 3.75. The van der Waals surface area contributed by atoms with Gasteiger partial charge in [0.05, 0.1) is 5.25 Å². The summed E-state index contributed by atoms with van der Waals surface area (Å²) in [6.45, 7) is 8.29. The van der Waals surface area contributed by atoms with Crippen molar-refractivity contribution < 1.29 is 4.79 Å². The molecular weight excluding hydrogens is 280 g/mol. The van der Waals surface area contributed by atoms with Crippen LogP contribution in [0, 0.1) is 0 Å². The van der Waals surface area contributed by atoms with E-state index in [2.05, 4.69) is 55.7 Å². The smallest absolute Gasteiger partial charge is 0.233 e. The van der Waals surface area contributed by atoms with Crippen molar-refractivity contribution in [3.05, 3.63) is 29.8 Å². The molecule has 118 valence electrons. The van der Waals surface area contributed by atoms with E-state index >= 15 is 0 Å². The van der Waals surface area contributed by atoms with Gasteiger partial charge in [-0.2, -0.15) is 0 Å². The summed E-state index contributed by atoms with van der Waals surface area (Å²) in [7, 11) is 1.96. The number of hydrogen-bond donors (Lipinski definition) is 2. The average Bonchev–Trinajstić information content (AvgIpc) is 2.47. The molecule has 1 amide bonds. The number of thioether (sulfide) groups is 1. The van der Waals surface area contributed by atoms with E-state index in [0.717, 1.165) is 17.7 Å². The highest BCUT2D eigenvalue weighted by molar-refractivity contribution is 8.00. The maximum Gasteiger partial charge on any atom is 0.233 e. The second-order valence-electron chi connectivity index (χ2n) is 5.54. The molecule has 0 aliphatic rings. The van der Waals surface area contributed by atoms with Crippen molar-refractivity contribution >= 4 is 17.7 Å². The van der Waals surface area contributed by atoms with E-state index in [4.69, 9.17) is 0 Å². The van der Waals surface area contributed by atoms with Crippen LogP contribution in [-0.2, 0) is 4.79 Å². The van der Waals surface area contributed by atoms with Crippen LogP contribution in [0.25, 0.3) is 0 Å². The summed E-state index contributed by atoms with van der Waals surface area (Å²) < 4.78 is 0. The highest BCUT2D eigenvalue weighted by atomic mass is 32.2. The van der Waals surface area contributed by atoms with Gasteiger partial charge in [-0.15, -0.1) is 11.8 Å². The third-order valence-electron chi connectivity index (χ3n) is 3.61. The van der Waals surface area contributed by atoms with Crippen LogP contribution >= 0.6 is 11.8 Å². The Morgan fingerprint density at radius 2 is 1.81 bits per heavy atom. The van der Waals surface area contributed by atoms with Crippen LogP contribution in [-0.4, -0.2) is 24.2 Å². The van der Waals surface area contributed by atoms with E-state index < -0.39 is 0 Å². The minimum absolute atomic E-state index is 0.0723. The van der Waals surface area contributed by atoms with Crippen LogP contribution in [0.1, 0.15) is 52.1 Å². The standard InChI is InChI=1S/C17H28N2OS/c1-6-7-12(2)19-17(20)14(4)21-16-10-8-15(9-11-16)13(3)18-5/h8-14,18H,6-7H2,1-5H3,(H,19,20). The average molecular weight is 308 g/mol. The fourth-order valence-electron chi connectivity index (χ4n) is 2.12. The SMILES string of the molecule is CCCC(C)NC(=O)C(C)Sc1ccc(C(C)NC)cc1. The number of rotatable bonds is 8. The molecule has 0 aliphatic heterocycles. The van der Waals surface area contributed by atoms with Crippen LogP contribution in [0.2, 0.25) is 0 Å². The van der Waals surface area contributed by atoms with Gasteiger partial charge < -0.3 is 10.6 Å². The van der Waals surface area contributed by atoms with Crippen molar-refractivity contribution in [2.75, 3.05) is 7.05 Å². The first-order valence-electron chi connectivity index (χ1n) is 7.72. The van der Waals surface area contributed by atoms with Crippen molar-refractivity contribution in [1.82, 2.24) is 10.6 Å². The molecule has 0 heterocycles. The summed E-state index contributed by atoms with van der Waals surface area (Å²) >= 11 is 1.61. The highest BCUT2D eigenvalue weighted by Crippen LogP contribution is 2.25. The van der Waals surface area contributed by atoms with Gasteiger partial charge in [0.1, 0.15) is 0 Å². The van der Waals surface area contributed by atoms with Gasteiger partial charge in [-0.25, -0.2) is 0 Å². The Morgan fingerprint density at radius 1 is 1.19 bits per heavy atom. The molecule has 3 nitrogen and oxygen atoms in total. The number of benzene rings is 1. The zero-order valence-corrected chi connectivity index (χ0v) is 14.6. The van der Waals surface area contributed by atoms with Gasteiger partial charge in [0.2, 0.25) is 5.91 Å². The molecule has 21 heavy (non-hydrogen) atoms. The summed E-state index contributed by atoms with van der Waals surface area (Å²) in [4.78, 5) is 13.2. The topological polar surface area (TPSA) is 41.1 Å². The quantitative estimate of drug-likeness (QED) is 0.719. The lowest BCUT2D eigenvalue weighted by molar-refractivity contribution is -0.120. The van der Waals surface area contributed by atoms with Gasteiger partial charge >= 0.3 is 0 Å². The first-order valence-corrected chi connectivity index (χ1v) is 8.60. The number of nitrogens with one attached hydrogen (secondary N) is 2. The molecule has 1 aromatic rings. The molecule has 1 rings (SSSR count). The van der Waals surface area contributed by atoms with E-state index in [-0.39, 0.29) is 17.2 Å². The first kappa shape index (κ1) is 18.1. The Kier molecular flexibility index (Phi) is 7.83. The molecule has 0 saturated carbocycles. The van der Waals surface area contributed by atoms with Gasteiger partial charge in [0.25, 0.3) is 0 Å². The second kappa shape index (κ2) is 9.11. The zero-order valence-electron chi connectivity index (χ0n) is 13.8. The minimum atomic E-state index is -0.0723. The van der Waals surface area contributed by atoms with E-state index in [9.17, 15) is 4.79 Å². The van der Waals surface area contributed by atoms with Crippen molar-refractivity contribution in [3.63, 3.8) is 0 Å². The normalized spacial score (nSPS) is 15.3. The van der Waals surface area contributed by atoms with Gasteiger partial charge in [0, 0.05) is 17.0 Å². The van der Waals surface area contributed by atoms with Crippen LogP contribution in [0.3, 0.4) is 0 Å². The van der Waals surface area contributed by atoms with Crippen LogP contribution in [0.4, 0.5) is 0 Å². The van der Waals surface area contributed by atoms with E-state index in [1.54, 1.807) is 11.8 Å². The van der Waals surface area contributed by atoms with E-state index in [1.807, 2.05) is 14.0 Å². The Balaban J connectivity index is 2.54. The van der Waals surface area contributed by atoms with E-state index in [0.29, 0.717) is 6.04 Å². The number of hydrogen-bond acceptors (Lipinski definition) is 3. The van der Waals surface area contributed by atoms with Crippen LogP contribution in [0.5, 0.6) is 0 Å². The van der Waals surface area contributed by atoms with Crippen molar-refractivity contribution in [2.45, 2.75) is 62.8 Å². The van der Waals surface area contributed by atoms with Crippen molar-refractivity contribution in [2.24, 2.45) is 0 Å². The largest absolute Gasteiger partial charge is 0.353 e. The maximum absolute atomic E-state index is 12.1. The van der Waals surface area contributed by atoms with Crippen LogP contribution in [0.15, 0.2) is 29.2 Å². The molecule has 0 radical (unpaired) electrons. The number of carbonyl (C=O) groups is 1. The third kappa shape index (κ3) is 6.10. The lowest BCUT2D eigenvalue weighted by Crippen LogP contribution is -2.37.